The lowest BCUT2D eigenvalue weighted by Crippen LogP contribution is -2.38. The maximum atomic E-state index is 11.9. The first-order valence-electron chi connectivity index (χ1n) is 8.81. The van der Waals surface area contributed by atoms with Crippen molar-refractivity contribution >= 4 is 27.1 Å². The molecule has 3 rings (SSSR count). The number of ether oxygens (including phenoxy) is 1. The van der Waals surface area contributed by atoms with Gasteiger partial charge in [-0.1, -0.05) is 20.8 Å². The van der Waals surface area contributed by atoms with Crippen molar-refractivity contribution in [1.29, 1.82) is 0 Å². The van der Waals surface area contributed by atoms with E-state index in [4.69, 9.17) is 4.74 Å². The normalized spacial score (nSPS) is 19.0. The first kappa shape index (κ1) is 19.8. The maximum absolute atomic E-state index is 11.9. The van der Waals surface area contributed by atoms with Crippen LogP contribution in [0.5, 0.6) is 5.75 Å². The molecule has 0 spiro atoms. The summed E-state index contributed by atoms with van der Waals surface area (Å²) in [5, 5.41) is 5.73. The van der Waals surface area contributed by atoms with E-state index in [1.54, 1.807) is 23.5 Å². The number of carbonyl (C=O) groups excluding carboxylic acids is 1. The van der Waals surface area contributed by atoms with Gasteiger partial charge in [0.15, 0.2) is 16.4 Å². The molecule has 146 valence electrons. The van der Waals surface area contributed by atoms with E-state index in [0.717, 1.165) is 16.3 Å². The number of carbonyl (C=O) groups is 1. The minimum Gasteiger partial charge on any atom is -0.484 e. The van der Waals surface area contributed by atoms with E-state index < -0.39 is 9.84 Å². The number of nitrogens with zero attached hydrogens (tertiary/aromatic N) is 1. The molecule has 0 radical (unpaired) electrons. The lowest BCUT2D eigenvalue weighted by Gasteiger charge is -2.14. The standard InChI is InChI=1S/C19H24N2O4S2/c1-19(2,3)16-11-26-18(21-16)13-4-6-15(7-5-13)25-10-17(22)20-14-8-9-27(23,24)12-14/h4-7,11,14H,8-10,12H2,1-3H3,(H,20,22)/t14-/m0/s1. The van der Waals surface area contributed by atoms with Crippen molar-refractivity contribution in [2.45, 2.75) is 38.6 Å². The molecule has 6 nitrogen and oxygen atoms in total. The van der Waals surface area contributed by atoms with Crippen molar-refractivity contribution in [2.75, 3.05) is 18.1 Å². The molecule has 0 unspecified atom stereocenters. The SMILES string of the molecule is CC(C)(C)c1csc(-c2ccc(OCC(=O)N[C@H]3CCS(=O)(=O)C3)cc2)n1. The van der Waals surface area contributed by atoms with Crippen LogP contribution in [0.2, 0.25) is 0 Å². The highest BCUT2D eigenvalue weighted by atomic mass is 32.2. The van der Waals surface area contributed by atoms with Crippen LogP contribution < -0.4 is 10.1 Å². The molecule has 0 saturated carbocycles. The highest BCUT2D eigenvalue weighted by molar-refractivity contribution is 7.91. The van der Waals surface area contributed by atoms with Crippen molar-refractivity contribution in [1.82, 2.24) is 10.3 Å². The molecule has 1 aromatic heterocycles. The Bertz CT molecular complexity index is 912. The molecule has 1 fully saturated rings. The van der Waals surface area contributed by atoms with E-state index in [-0.39, 0.29) is 35.5 Å². The van der Waals surface area contributed by atoms with E-state index in [9.17, 15) is 13.2 Å². The van der Waals surface area contributed by atoms with Crippen molar-refractivity contribution in [3.63, 3.8) is 0 Å². The minimum atomic E-state index is -3.01. The molecule has 1 aliphatic heterocycles. The number of aromatic nitrogens is 1. The Kier molecular flexibility index (Phi) is 5.58. The Labute approximate surface area is 163 Å². The second-order valence-corrected chi connectivity index (χ2v) is 10.9. The summed E-state index contributed by atoms with van der Waals surface area (Å²) < 4.78 is 28.3. The summed E-state index contributed by atoms with van der Waals surface area (Å²) in [6.45, 7) is 6.26. The van der Waals surface area contributed by atoms with E-state index in [2.05, 4.69) is 36.5 Å². The van der Waals surface area contributed by atoms with E-state index >= 15 is 0 Å². The van der Waals surface area contributed by atoms with Gasteiger partial charge in [-0.05, 0) is 30.7 Å². The molecule has 0 aliphatic carbocycles. The number of rotatable bonds is 5. The number of hydrogen-bond donors (Lipinski definition) is 1. The number of hydrogen-bond acceptors (Lipinski definition) is 6. The van der Waals surface area contributed by atoms with E-state index in [0.29, 0.717) is 12.2 Å². The molecule has 27 heavy (non-hydrogen) atoms. The molecular weight excluding hydrogens is 384 g/mol. The number of thiazole rings is 1. The Morgan fingerprint density at radius 3 is 2.56 bits per heavy atom. The molecule has 1 aromatic carbocycles. The summed E-state index contributed by atoms with van der Waals surface area (Å²) >= 11 is 1.61. The van der Waals surface area contributed by atoms with Gasteiger partial charge < -0.3 is 10.1 Å². The average Bonchev–Trinajstić information content (AvgIpc) is 3.20. The van der Waals surface area contributed by atoms with Gasteiger partial charge in [0.25, 0.3) is 5.91 Å². The molecule has 1 atom stereocenters. The van der Waals surface area contributed by atoms with Gasteiger partial charge in [0, 0.05) is 22.4 Å². The zero-order valence-corrected chi connectivity index (χ0v) is 17.3. The average molecular weight is 409 g/mol. The highest BCUT2D eigenvalue weighted by Gasteiger charge is 2.28. The quantitative estimate of drug-likeness (QED) is 0.822. The largest absolute Gasteiger partial charge is 0.484 e. The van der Waals surface area contributed by atoms with Gasteiger partial charge in [0.05, 0.1) is 17.2 Å². The fourth-order valence-electron chi connectivity index (χ4n) is 2.77. The molecule has 1 N–H and O–H groups in total. The van der Waals surface area contributed by atoms with Crippen LogP contribution in [0.1, 0.15) is 32.9 Å². The summed E-state index contributed by atoms with van der Waals surface area (Å²) in [5.74, 6) is 0.419. The van der Waals surface area contributed by atoms with Crippen molar-refractivity contribution < 1.29 is 17.9 Å². The van der Waals surface area contributed by atoms with Crippen LogP contribution >= 0.6 is 11.3 Å². The highest BCUT2D eigenvalue weighted by Crippen LogP contribution is 2.30. The zero-order valence-electron chi connectivity index (χ0n) is 15.7. The van der Waals surface area contributed by atoms with Crippen LogP contribution in [0.25, 0.3) is 10.6 Å². The lowest BCUT2D eigenvalue weighted by molar-refractivity contribution is -0.123. The molecule has 8 heteroatoms. The summed E-state index contributed by atoms with van der Waals surface area (Å²) in [7, 11) is -3.01. The molecule has 2 heterocycles. The minimum absolute atomic E-state index is 0.0117. The Hall–Kier alpha value is -1.93. The van der Waals surface area contributed by atoms with Crippen LogP contribution in [0.15, 0.2) is 29.6 Å². The summed E-state index contributed by atoms with van der Waals surface area (Å²) in [5.41, 5.74) is 2.08. The van der Waals surface area contributed by atoms with Crippen molar-refractivity contribution in [2.24, 2.45) is 0 Å². The van der Waals surface area contributed by atoms with Gasteiger partial charge in [-0.2, -0.15) is 0 Å². The van der Waals surface area contributed by atoms with Gasteiger partial charge in [-0.25, -0.2) is 13.4 Å². The monoisotopic (exact) mass is 408 g/mol. The van der Waals surface area contributed by atoms with E-state index in [1.165, 1.54) is 0 Å². The van der Waals surface area contributed by atoms with Crippen LogP contribution in [-0.4, -0.2) is 43.5 Å². The third kappa shape index (κ3) is 5.29. The van der Waals surface area contributed by atoms with Crippen molar-refractivity contribution in [3.05, 3.63) is 35.3 Å². The number of benzene rings is 1. The number of amides is 1. The second-order valence-electron chi connectivity index (χ2n) is 7.77. The van der Waals surface area contributed by atoms with E-state index in [1.807, 2.05) is 12.1 Å². The predicted octanol–water partition coefficient (Wildman–Crippen LogP) is 2.79. The molecular formula is C19H24N2O4S2. The molecule has 1 saturated heterocycles. The Morgan fingerprint density at radius 1 is 1.30 bits per heavy atom. The fourth-order valence-corrected chi connectivity index (χ4v) is 5.50. The van der Waals surface area contributed by atoms with Gasteiger partial charge >= 0.3 is 0 Å². The Morgan fingerprint density at radius 2 is 2.00 bits per heavy atom. The summed E-state index contributed by atoms with van der Waals surface area (Å²) in [4.78, 5) is 16.6. The molecule has 2 aromatic rings. The predicted molar refractivity (Wildman–Crippen MR) is 107 cm³/mol. The van der Waals surface area contributed by atoms with Crippen LogP contribution in [0, 0.1) is 0 Å². The third-order valence-electron chi connectivity index (χ3n) is 4.34. The summed E-state index contributed by atoms with van der Waals surface area (Å²) in [6.07, 6.45) is 0.465. The molecule has 0 bridgehead atoms. The van der Waals surface area contributed by atoms with Gasteiger partial charge in [-0.15, -0.1) is 11.3 Å². The van der Waals surface area contributed by atoms with Gasteiger partial charge in [0.2, 0.25) is 0 Å². The Balaban J connectivity index is 1.53. The topological polar surface area (TPSA) is 85.4 Å². The fraction of sp³-hybridized carbons (Fsp3) is 0.474. The van der Waals surface area contributed by atoms with Crippen molar-refractivity contribution in [3.8, 4) is 16.3 Å². The van der Waals surface area contributed by atoms with Crippen LogP contribution in [0.3, 0.4) is 0 Å². The second kappa shape index (κ2) is 7.59. The third-order valence-corrected chi connectivity index (χ3v) is 7.00. The smallest absolute Gasteiger partial charge is 0.258 e. The van der Waals surface area contributed by atoms with Crippen LogP contribution in [-0.2, 0) is 20.0 Å². The number of nitrogens with one attached hydrogen (secondary N) is 1. The van der Waals surface area contributed by atoms with Crippen LogP contribution in [0.4, 0.5) is 0 Å². The van der Waals surface area contributed by atoms with Gasteiger partial charge in [-0.3, -0.25) is 4.79 Å². The summed E-state index contributed by atoms with van der Waals surface area (Å²) in [6, 6.07) is 7.14. The maximum Gasteiger partial charge on any atom is 0.258 e. The van der Waals surface area contributed by atoms with Gasteiger partial charge in [0.1, 0.15) is 10.8 Å². The number of sulfone groups is 1. The zero-order chi connectivity index (χ0) is 19.7. The molecule has 1 aliphatic rings. The molecule has 1 amide bonds. The first-order valence-corrected chi connectivity index (χ1v) is 11.5. The first-order chi connectivity index (χ1) is 12.6. The lowest BCUT2D eigenvalue weighted by atomic mass is 9.93.